The summed E-state index contributed by atoms with van der Waals surface area (Å²) in [7, 11) is 0. The number of piperidine rings is 1. The van der Waals surface area contributed by atoms with Crippen LogP contribution in [0.4, 0.5) is 13.2 Å². The maximum Gasteiger partial charge on any atom is 0.416 e. The molecule has 4 rings (SSSR count). The van der Waals surface area contributed by atoms with Crippen LogP contribution in [-0.2, 0) is 17.6 Å². The van der Waals surface area contributed by atoms with Crippen molar-refractivity contribution in [2.75, 3.05) is 13.2 Å². The van der Waals surface area contributed by atoms with Crippen LogP contribution in [0.3, 0.4) is 0 Å². The first-order valence-corrected chi connectivity index (χ1v) is 12.4. The fourth-order valence-electron chi connectivity index (χ4n) is 4.81. The lowest BCUT2D eigenvalue weighted by molar-refractivity contribution is -0.145. The summed E-state index contributed by atoms with van der Waals surface area (Å²) in [6.07, 6.45) is -2.57. The minimum Gasteiger partial charge on any atom is -0.490 e. The molecule has 1 aliphatic heterocycles. The second-order valence-corrected chi connectivity index (χ2v) is 9.03. The predicted molar refractivity (Wildman–Crippen MR) is 134 cm³/mol. The summed E-state index contributed by atoms with van der Waals surface area (Å²) in [6, 6.07) is 18.5. The van der Waals surface area contributed by atoms with E-state index in [1.54, 1.807) is 29.2 Å². The number of hydrogen-bond donors (Lipinski definition) is 1. The van der Waals surface area contributed by atoms with Gasteiger partial charge in [0, 0.05) is 0 Å². The molecule has 3 aromatic rings. The van der Waals surface area contributed by atoms with Crippen LogP contribution in [0.2, 0.25) is 0 Å². The number of halogens is 3. The summed E-state index contributed by atoms with van der Waals surface area (Å²) < 4.78 is 52.6. The topological polar surface area (TPSA) is 59.0 Å². The Hall–Kier alpha value is -3.52. The number of carboxylic acid groups (broad SMARTS) is 1. The van der Waals surface area contributed by atoms with E-state index >= 15 is 0 Å². The fourth-order valence-corrected chi connectivity index (χ4v) is 4.81. The van der Waals surface area contributed by atoms with Crippen LogP contribution in [0, 0.1) is 0 Å². The van der Waals surface area contributed by atoms with E-state index in [1.807, 2.05) is 37.3 Å². The molecule has 3 aromatic carbocycles. The van der Waals surface area contributed by atoms with Crippen molar-refractivity contribution in [1.29, 1.82) is 0 Å². The number of aliphatic carboxylic acids is 1. The Morgan fingerprint density at radius 1 is 0.973 bits per heavy atom. The Bertz CT molecular complexity index is 1200. The van der Waals surface area contributed by atoms with E-state index in [9.17, 15) is 23.1 Å². The first-order chi connectivity index (χ1) is 17.8. The summed E-state index contributed by atoms with van der Waals surface area (Å²) in [6.45, 7) is 2.97. The Morgan fingerprint density at radius 3 is 2.43 bits per heavy atom. The van der Waals surface area contributed by atoms with E-state index in [0.717, 1.165) is 30.5 Å². The van der Waals surface area contributed by atoms with Crippen molar-refractivity contribution < 1.29 is 32.5 Å². The van der Waals surface area contributed by atoms with E-state index in [2.05, 4.69) is 0 Å². The highest BCUT2D eigenvalue weighted by atomic mass is 19.4. The summed E-state index contributed by atoms with van der Waals surface area (Å²) in [5.74, 6) is -0.0213. The molecule has 1 heterocycles. The molecule has 0 bridgehead atoms. The van der Waals surface area contributed by atoms with Crippen molar-refractivity contribution >= 4 is 5.97 Å². The third-order valence-electron chi connectivity index (χ3n) is 6.51. The summed E-state index contributed by atoms with van der Waals surface area (Å²) in [4.78, 5) is 13.9. The molecule has 1 aliphatic rings. The number of benzene rings is 3. The van der Waals surface area contributed by atoms with Gasteiger partial charge in [0.2, 0.25) is 0 Å². The molecule has 0 amide bonds. The lowest BCUT2D eigenvalue weighted by Gasteiger charge is -2.40. The van der Waals surface area contributed by atoms with E-state index in [1.165, 1.54) is 6.07 Å². The van der Waals surface area contributed by atoms with Crippen molar-refractivity contribution in [3.63, 3.8) is 0 Å². The highest BCUT2D eigenvalue weighted by Gasteiger charge is 2.37. The number of carboxylic acids is 1. The Balaban J connectivity index is 1.76. The second-order valence-electron chi connectivity index (χ2n) is 9.03. The van der Waals surface area contributed by atoms with Gasteiger partial charge >= 0.3 is 12.1 Å². The van der Waals surface area contributed by atoms with Gasteiger partial charge in [-0.3, -0.25) is 9.69 Å². The summed E-state index contributed by atoms with van der Waals surface area (Å²) in [5.41, 5.74) is 1.23. The van der Waals surface area contributed by atoms with Crippen molar-refractivity contribution in [2.45, 2.75) is 51.1 Å². The van der Waals surface area contributed by atoms with Crippen molar-refractivity contribution in [2.24, 2.45) is 0 Å². The molecule has 2 atom stereocenters. The third kappa shape index (κ3) is 6.43. The molecule has 8 heteroatoms. The Kier molecular flexibility index (Phi) is 8.38. The van der Waals surface area contributed by atoms with Gasteiger partial charge in [-0.2, -0.15) is 13.2 Å². The lowest BCUT2D eigenvalue weighted by atomic mass is 9.90. The zero-order chi connectivity index (χ0) is 26.4. The van der Waals surface area contributed by atoms with E-state index in [4.69, 9.17) is 9.47 Å². The standard InChI is InChI=1S/C29H30F3NO4/c1-2-36-26-18-22(14-15-25(26)37-19-20-9-4-3-5-10-20)27(33-16-7-6-13-24(33)28(34)35)21-11-8-12-23(17-21)29(30,31)32/h3-5,8-12,14-15,17-18,24,27H,2,6-7,13,16,19H2,1H3,(H,34,35). The molecular weight excluding hydrogens is 483 g/mol. The Labute approximate surface area is 214 Å². The SMILES string of the molecule is CCOc1cc(C(c2cccc(C(F)(F)F)c2)N2CCCCC2C(=O)O)ccc1OCc1ccccc1. The van der Waals surface area contributed by atoms with Crippen LogP contribution >= 0.6 is 0 Å². The molecule has 0 aromatic heterocycles. The van der Waals surface area contributed by atoms with E-state index < -0.39 is 29.8 Å². The number of nitrogens with zero attached hydrogens (tertiary/aromatic N) is 1. The zero-order valence-electron chi connectivity index (χ0n) is 20.6. The summed E-state index contributed by atoms with van der Waals surface area (Å²) >= 11 is 0. The van der Waals surface area contributed by atoms with Gasteiger partial charge in [0.1, 0.15) is 12.6 Å². The van der Waals surface area contributed by atoms with Crippen LogP contribution < -0.4 is 9.47 Å². The number of likely N-dealkylation sites (tertiary alicyclic amines) is 1. The van der Waals surface area contributed by atoms with Gasteiger partial charge in [-0.1, -0.05) is 55.0 Å². The third-order valence-corrected chi connectivity index (χ3v) is 6.51. The van der Waals surface area contributed by atoms with Crippen LogP contribution in [-0.4, -0.2) is 35.2 Å². The highest BCUT2D eigenvalue weighted by molar-refractivity contribution is 5.73. The van der Waals surface area contributed by atoms with Crippen LogP contribution in [0.15, 0.2) is 72.8 Å². The van der Waals surface area contributed by atoms with Gasteiger partial charge in [-0.25, -0.2) is 0 Å². The average Bonchev–Trinajstić information content (AvgIpc) is 2.89. The molecule has 0 aliphatic carbocycles. The van der Waals surface area contributed by atoms with Crippen molar-refractivity contribution in [1.82, 2.24) is 4.90 Å². The smallest absolute Gasteiger partial charge is 0.416 e. The van der Waals surface area contributed by atoms with Gasteiger partial charge < -0.3 is 14.6 Å². The number of rotatable bonds is 9. The molecule has 5 nitrogen and oxygen atoms in total. The molecule has 1 fully saturated rings. The number of alkyl halides is 3. The van der Waals surface area contributed by atoms with Crippen LogP contribution in [0.1, 0.15) is 54.5 Å². The van der Waals surface area contributed by atoms with Gasteiger partial charge in [0.15, 0.2) is 11.5 Å². The minimum absolute atomic E-state index is 0.324. The highest BCUT2D eigenvalue weighted by Crippen LogP contribution is 2.40. The molecular formula is C29H30F3NO4. The monoisotopic (exact) mass is 513 g/mol. The number of hydrogen-bond acceptors (Lipinski definition) is 4. The minimum atomic E-state index is -4.51. The second kappa shape index (κ2) is 11.7. The molecule has 0 saturated carbocycles. The quantitative estimate of drug-likeness (QED) is 0.345. The van der Waals surface area contributed by atoms with Gasteiger partial charge in [-0.15, -0.1) is 0 Å². The molecule has 196 valence electrons. The van der Waals surface area contributed by atoms with Crippen LogP contribution in [0.5, 0.6) is 11.5 Å². The van der Waals surface area contributed by atoms with E-state index in [0.29, 0.717) is 48.8 Å². The van der Waals surface area contributed by atoms with Gasteiger partial charge in [0.25, 0.3) is 0 Å². The van der Waals surface area contributed by atoms with Crippen molar-refractivity contribution in [3.05, 3.63) is 95.1 Å². The molecule has 1 saturated heterocycles. The molecule has 1 N–H and O–H groups in total. The number of ether oxygens (including phenoxy) is 2. The molecule has 0 radical (unpaired) electrons. The van der Waals surface area contributed by atoms with Gasteiger partial charge in [-0.05, 0) is 67.3 Å². The zero-order valence-corrected chi connectivity index (χ0v) is 20.6. The first-order valence-electron chi connectivity index (χ1n) is 12.4. The maximum absolute atomic E-state index is 13.6. The van der Waals surface area contributed by atoms with Crippen molar-refractivity contribution in [3.8, 4) is 11.5 Å². The van der Waals surface area contributed by atoms with E-state index in [-0.39, 0.29) is 0 Å². The average molecular weight is 514 g/mol. The maximum atomic E-state index is 13.6. The van der Waals surface area contributed by atoms with Crippen LogP contribution in [0.25, 0.3) is 0 Å². The fraction of sp³-hybridized carbons (Fsp3) is 0.345. The molecule has 2 unspecified atom stereocenters. The molecule has 37 heavy (non-hydrogen) atoms. The first kappa shape index (κ1) is 26.5. The Morgan fingerprint density at radius 2 is 1.73 bits per heavy atom. The van der Waals surface area contributed by atoms with Gasteiger partial charge in [0.05, 0.1) is 18.2 Å². The molecule has 0 spiro atoms. The predicted octanol–water partition coefficient (Wildman–Crippen LogP) is 6.71. The summed E-state index contributed by atoms with van der Waals surface area (Å²) in [5, 5.41) is 9.93. The largest absolute Gasteiger partial charge is 0.490 e. The number of carbonyl (C=O) groups is 1. The lowest BCUT2D eigenvalue weighted by Crippen LogP contribution is -2.46. The normalized spacial score (nSPS) is 17.2.